The molecule has 1 aliphatic rings. The number of aromatic nitrogens is 2. The zero-order valence-corrected chi connectivity index (χ0v) is 15.0. The van der Waals surface area contributed by atoms with Crippen LogP contribution >= 0.6 is 0 Å². The fourth-order valence-electron chi connectivity index (χ4n) is 3.44. The first-order valence-electron chi connectivity index (χ1n) is 8.35. The number of benzene rings is 1. The van der Waals surface area contributed by atoms with Gasteiger partial charge >= 0.3 is 5.97 Å². The third kappa shape index (κ3) is 3.04. The van der Waals surface area contributed by atoms with E-state index < -0.39 is 11.9 Å². The molecule has 3 rings (SSSR count). The Kier molecular flexibility index (Phi) is 4.14. The van der Waals surface area contributed by atoms with Gasteiger partial charge < -0.3 is 10.0 Å². The van der Waals surface area contributed by atoms with Crippen molar-refractivity contribution in [1.29, 1.82) is 0 Å². The van der Waals surface area contributed by atoms with E-state index in [1.807, 2.05) is 56.6 Å². The summed E-state index contributed by atoms with van der Waals surface area (Å²) < 4.78 is 1.83. The van der Waals surface area contributed by atoms with Crippen molar-refractivity contribution in [2.24, 2.45) is 0 Å². The van der Waals surface area contributed by atoms with E-state index in [4.69, 9.17) is 0 Å². The van der Waals surface area contributed by atoms with Crippen molar-refractivity contribution >= 4 is 11.9 Å². The Balaban J connectivity index is 1.94. The third-order valence-corrected chi connectivity index (χ3v) is 4.66. The molecule has 1 aromatic heterocycles. The lowest BCUT2D eigenvalue weighted by molar-refractivity contribution is -0.139. The Labute approximate surface area is 147 Å². The van der Waals surface area contributed by atoms with Gasteiger partial charge in [0.2, 0.25) is 0 Å². The van der Waals surface area contributed by atoms with Crippen LogP contribution in [0.2, 0.25) is 0 Å². The lowest BCUT2D eigenvalue weighted by Gasteiger charge is -2.33. The van der Waals surface area contributed by atoms with Crippen molar-refractivity contribution < 1.29 is 14.7 Å². The van der Waals surface area contributed by atoms with Crippen molar-refractivity contribution in [2.75, 3.05) is 6.54 Å². The molecule has 0 radical (unpaired) electrons. The molecule has 1 aromatic carbocycles. The van der Waals surface area contributed by atoms with Gasteiger partial charge in [0.25, 0.3) is 5.91 Å². The highest BCUT2D eigenvalue weighted by molar-refractivity contribution is 5.95. The first-order valence-corrected chi connectivity index (χ1v) is 8.35. The Morgan fingerprint density at radius 1 is 1.24 bits per heavy atom. The van der Waals surface area contributed by atoms with E-state index >= 15 is 0 Å². The van der Waals surface area contributed by atoms with Crippen LogP contribution in [0.4, 0.5) is 0 Å². The van der Waals surface area contributed by atoms with Crippen molar-refractivity contribution in [2.45, 2.75) is 45.7 Å². The Hall–Kier alpha value is -2.63. The number of hydrogen-bond donors (Lipinski definition) is 1. The summed E-state index contributed by atoms with van der Waals surface area (Å²) in [5, 5.41) is 13.9. The summed E-state index contributed by atoms with van der Waals surface area (Å²) in [7, 11) is 0. The summed E-state index contributed by atoms with van der Waals surface area (Å²) >= 11 is 0. The number of carbonyl (C=O) groups excluding carboxylic acids is 1. The second-order valence-corrected chi connectivity index (χ2v) is 7.50. The highest BCUT2D eigenvalue weighted by Gasteiger charge is 2.34. The molecule has 1 aliphatic heterocycles. The first-order chi connectivity index (χ1) is 11.7. The molecule has 0 spiro atoms. The van der Waals surface area contributed by atoms with E-state index in [-0.39, 0.29) is 18.0 Å². The summed E-state index contributed by atoms with van der Waals surface area (Å²) in [5.41, 5.74) is 2.78. The number of fused-ring (bicyclic) bond motifs is 1. The van der Waals surface area contributed by atoms with Gasteiger partial charge in [0.05, 0.1) is 23.2 Å². The maximum absolute atomic E-state index is 13.0. The largest absolute Gasteiger partial charge is 0.481 e. The molecule has 1 unspecified atom stereocenters. The van der Waals surface area contributed by atoms with Crippen molar-refractivity contribution in [3.8, 4) is 0 Å². The van der Waals surface area contributed by atoms with Gasteiger partial charge in [-0.3, -0.25) is 14.3 Å². The Bertz CT molecular complexity index is 833. The summed E-state index contributed by atoms with van der Waals surface area (Å²) in [6.07, 6.45) is 1.58. The average Bonchev–Trinajstić information content (AvgIpc) is 2.94. The van der Waals surface area contributed by atoms with Gasteiger partial charge in [-0.25, -0.2) is 0 Å². The molecule has 1 amide bonds. The monoisotopic (exact) mass is 341 g/mol. The third-order valence-electron chi connectivity index (χ3n) is 4.66. The molecule has 0 fully saturated rings. The lowest BCUT2D eigenvalue weighted by Crippen LogP contribution is -2.40. The van der Waals surface area contributed by atoms with Crippen LogP contribution in [-0.4, -0.2) is 38.2 Å². The van der Waals surface area contributed by atoms with Crippen molar-refractivity contribution in [1.82, 2.24) is 14.7 Å². The van der Waals surface area contributed by atoms with Gasteiger partial charge in [0.1, 0.15) is 0 Å². The van der Waals surface area contributed by atoms with Crippen LogP contribution in [0.25, 0.3) is 0 Å². The van der Waals surface area contributed by atoms with Gasteiger partial charge in [-0.2, -0.15) is 5.10 Å². The van der Waals surface area contributed by atoms with Crippen LogP contribution < -0.4 is 0 Å². The minimum absolute atomic E-state index is 0.172. The molecule has 25 heavy (non-hydrogen) atoms. The highest BCUT2D eigenvalue weighted by atomic mass is 16.4. The lowest BCUT2D eigenvalue weighted by atomic mass is 9.89. The van der Waals surface area contributed by atoms with E-state index in [0.29, 0.717) is 12.1 Å². The summed E-state index contributed by atoms with van der Waals surface area (Å²) in [6, 6.07) is 7.42. The van der Waals surface area contributed by atoms with Crippen LogP contribution in [0.15, 0.2) is 30.5 Å². The molecule has 1 N–H and O–H groups in total. The molecule has 6 nitrogen and oxygen atoms in total. The minimum Gasteiger partial charge on any atom is -0.481 e. The maximum Gasteiger partial charge on any atom is 0.312 e. The van der Waals surface area contributed by atoms with Gasteiger partial charge in [0, 0.05) is 18.8 Å². The maximum atomic E-state index is 13.0. The molecule has 2 aromatic rings. The number of carboxylic acid groups (broad SMARTS) is 1. The standard InChI is InChI=1S/C19H23N3O3/c1-12-15(9-20-22(12)19(2,3)4)17(23)21-10-13-7-5-6-8-14(13)16(11-21)18(24)25/h5-9,16H,10-11H2,1-4H3,(H,24,25). The molecule has 1 atom stereocenters. The topological polar surface area (TPSA) is 75.4 Å². The molecule has 2 heterocycles. The van der Waals surface area contributed by atoms with Gasteiger partial charge in [-0.05, 0) is 38.8 Å². The molecule has 0 aliphatic carbocycles. The quantitative estimate of drug-likeness (QED) is 0.911. The molecular weight excluding hydrogens is 318 g/mol. The molecule has 0 bridgehead atoms. The number of carboxylic acids is 1. The predicted molar refractivity (Wildman–Crippen MR) is 93.5 cm³/mol. The zero-order chi connectivity index (χ0) is 18.4. The second-order valence-electron chi connectivity index (χ2n) is 7.50. The molecule has 132 valence electrons. The van der Waals surface area contributed by atoms with Crippen LogP contribution in [0.5, 0.6) is 0 Å². The number of aliphatic carboxylic acids is 1. The van der Waals surface area contributed by atoms with E-state index in [1.165, 1.54) is 0 Å². The smallest absolute Gasteiger partial charge is 0.312 e. The fourth-order valence-corrected chi connectivity index (χ4v) is 3.44. The van der Waals surface area contributed by atoms with E-state index in [2.05, 4.69) is 5.10 Å². The number of amides is 1. The van der Waals surface area contributed by atoms with Crippen LogP contribution in [-0.2, 0) is 16.9 Å². The van der Waals surface area contributed by atoms with E-state index in [1.54, 1.807) is 11.1 Å². The predicted octanol–water partition coefficient (Wildman–Crippen LogP) is 2.77. The normalized spacial score (nSPS) is 17.3. The van der Waals surface area contributed by atoms with Gasteiger partial charge in [0.15, 0.2) is 0 Å². The summed E-state index contributed by atoms with van der Waals surface area (Å²) in [5.74, 6) is -1.78. The first kappa shape index (κ1) is 17.2. The van der Waals surface area contributed by atoms with Crippen LogP contribution in [0, 0.1) is 6.92 Å². The molecule has 0 saturated heterocycles. The summed E-state index contributed by atoms with van der Waals surface area (Å²) in [4.78, 5) is 26.3. The van der Waals surface area contributed by atoms with E-state index in [9.17, 15) is 14.7 Å². The van der Waals surface area contributed by atoms with Crippen molar-refractivity contribution in [3.63, 3.8) is 0 Å². The number of rotatable bonds is 2. The highest BCUT2D eigenvalue weighted by Crippen LogP contribution is 2.30. The van der Waals surface area contributed by atoms with Gasteiger partial charge in [-0.1, -0.05) is 24.3 Å². The van der Waals surface area contributed by atoms with Crippen LogP contribution in [0.3, 0.4) is 0 Å². The minimum atomic E-state index is -0.910. The Morgan fingerprint density at radius 2 is 1.92 bits per heavy atom. The van der Waals surface area contributed by atoms with E-state index in [0.717, 1.165) is 16.8 Å². The second kappa shape index (κ2) is 6.02. The molecule has 6 heteroatoms. The van der Waals surface area contributed by atoms with Crippen LogP contribution in [0.1, 0.15) is 53.9 Å². The Morgan fingerprint density at radius 3 is 2.52 bits per heavy atom. The SMILES string of the molecule is Cc1c(C(=O)N2Cc3ccccc3C(C(=O)O)C2)cnn1C(C)(C)C. The van der Waals surface area contributed by atoms with Gasteiger partial charge in [-0.15, -0.1) is 0 Å². The zero-order valence-electron chi connectivity index (χ0n) is 15.0. The average molecular weight is 341 g/mol. The fraction of sp³-hybridized carbons (Fsp3) is 0.421. The number of nitrogens with zero attached hydrogens (tertiary/aromatic N) is 3. The molecular formula is C19H23N3O3. The number of hydrogen-bond acceptors (Lipinski definition) is 3. The summed E-state index contributed by atoms with van der Waals surface area (Å²) in [6.45, 7) is 8.54. The molecule has 0 saturated carbocycles. The van der Waals surface area contributed by atoms with Crippen molar-refractivity contribution in [3.05, 3.63) is 52.8 Å². The number of carbonyl (C=O) groups is 2.